The van der Waals surface area contributed by atoms with Crippen LogP contribution >= 0.6 is 15.9 Å². The summed E-state index contributed by atoms with van der Waals surface area (Å²) in [6, 6.07) is 6.91. The summed E-state index contributed by atoms with van der Waals surface area (Å²) in [5, 5.41) is 0. The van der Waals surface area contributed by atoms with E-state index in [1.807, 2.05) is 0 Å². The van der Waals surface area contributed by atoms with Crippen molar-refractivity contribution in [3.8, 4) is 0 Å². The molecule has 0 aromatic heterocycles. The highest BCUT2D eigenvalue weighted by Gasteiger charge is 2.17. The highest BCUT2D eigenvalue weighted by molar-refractivity contribution is 9.09. The van der Waals surface area contributed by atoms with Crippen LogP contribution in [-0.2, 0) is 11.2 Å². The maximum absolute atomic E-state index is 5.57. The monoisotopic (exact) mass is 282 g/mol. The quantitative estimate of drug-likeness (QED) is 0.739. The van der Waals surface area contributed by atoms with Crippen LogP contribution in [0, 0.1) is 0 Å². The molecule has 1 aromatic rings. The molecule has 0 radical (unpaired) electrons. The van der Waals surface area contributed by atoms with Gasteiger partial charge in [0.1, 0.15) is 0 Å². The van der Waals surface area contributed by atoms with Crippen molar-refractivity contribution in [2.75, 3.05) is 13.2 Å². The van der Waals surface area contributed by atoms with Crippen LogP contribution < -0.4 is 0 Å². The van der Waals surface area contributed by atoms with Gasteiger partial charge < -0.3 is 4.74 Å². The van der Waals surface area contributed by atoms with Gasteiger partial charge in [0.15, 0.2) is 0 Å². The maximum Gasteiger partial charge on any atom is 0.0632 e. The molecule has 0 saturated heterocycles. The van der Waals surface area contributed by atoms with Crippen molar-refractivity contribution >= 4 is 15.9 Å². The molecule has 88 valence electrons. The van der Waals surface area contributed by atoms with E-state index in [1.165, 1.54) is 23.1 Å². The van der Waals surface area contributed by atoms with E-state index in [-0.39, 0.29) is 0 Å². The number of alkyl halides is 1. The van der Waals surface area contributed by atoms with Gasteiger partial charge in [0.2, 0.25) is 0 Å². The lowest BCUT2D eigenvalue weighted by Crippen LogP contribution is -2.00. The zero-order chi connectivity index (χ0) is 11.5. The fourth-order valence-corrected chi connectivity index (χ4v) is 2.75. The Morgan fingerprint density at radius 3 is 3.06 bits per heavy atom. The standard InChI is InChI=1S/C14H19BrO/c1-3-10(2)12-5-4-11-6-7-16-9-14(15)13(11)8-12/h4-5,8,10,14H,3,6-7,9H2,1-2H3. The van der Waals surface area contributed by atoms with Gasteiger partial charge in [0.05, 0.1) is 18.0 Å². The molecule has 1 nitrogen and oxygen atoms in total. The summed E-state index contributed by atoms with van der Waals surface area (Å²) < 4.78 is 5.57. The Kier molecular flexibility index (Phi) is 4.04. The minimum absolute atomic E-state index is 0.356. The average Bonchev–Trinajstić information content (AvgIpc) is 2.50. The van der Waals surface area contributed by atoms with E-state index in [1.54, 1.807) is 0 Å². The predicted octanol–water partition coefficient (Wildman–Crippen LogP) is 4.21. The lowest BCUT2D eigenvalue weighted by molar-refractivity contribution is 0.146. The van der Waals surface area contributed by atoms with Gasteiger partial charge in [-0.25, -0.2) is 0 Å². The zero-order valence-electron chi connectivity index (χ0n) is 10.0. The largest absolute Gasteiger partial charge is 0.380 e. The van der Waals surface area contributed by atoms with Gasteiger partial charge in [-0.1, -0.05) is 48.0 Å². The number of hydrogen-bond donors (Lipinski definition) is 0. The maximum atomic E-state index is 5.57. The second-order valence-corrected chi connectivity index (χ2v) is 5.67. The summed E-state index contributed by atoms with van der Waals surface area (Å²) in [5.74, 6) is 0.647. The highest BCUT2D eigenvalue weighted by Crippen LogP contribution is 2.32. The number of rotatable bonds is 2. The molecule has 0 saturated carbocycles. The van der Waals surface area contributed by atoms with Crippen molar-refractivity contribution < 1.29 is 4.74 Å². The molecule has 1 aromatic carbocycles. The number of halogens is 1. The average molecular weight is 283 g/mol. The summed E-state index contributed by atoms with van der Waals surface area (Å²) in [6.07, 6.45) is 2.24. The van der Waals surface area contributed by atoms with E-state index < -0.39 is 0 Å². The molecule has 0 N–H and O–H groups in total. The van der Waals surface area contributed by atoms with E-state index in [4.69, 9.17) is 4.74 Å². The Morgan fingerprint density at radius 1 is 1.50 bits per heavy atom. The Morgan fingerprint density at radius 2 is 2.31 bits per heavy atom. The third kappa shape index (κ3) is 2.49. The van der Waals surface area contributed by atoms with Crippen molar-refractivity contribution in [3.63, 3.8) is 0 Å². The second kappa shape index (κ2) is 5.33. The van der Waals surface area contributed by atoms with Gasteiger partial charge in [-0.2, -0.15) is 0 Å². The molecule has 1 aliphatic heterocycles. The molecule has 0 aliphatic carbocycles. The summed E-state index contributed by atoms with van der Waals surface area (Å²) in [6.45, 7) is 6.16. The summed E-state index contributed by atoms with van der Waals surface area (Å²) >= 11 is 3.72. The van der Waals surface area contributed by atoms with Crippen molar-refractivity contribution in [3.05, 3.63) is 34.9 Å². The fourth-order valence-electron chi connectivity index (χ4n) is 2.13. The lowest BCUT2D eigenvalue weighted by atomic mass is 9.93. The minimum Gasteiger partial charge on any atom is -0.380 e. The first-order valence-electron chi connectivity index (χ1n) is 6.07. The van der Waals surface area contributed by atoms with Crippen molar-refractivity contribution in [2.24, 2.45) is 0 Å². The molecule has 1 aliphatic rings. The molecule has 2 atom stereocenters. The Bertz CT molecular complexity index is 362. The van der Waals surface area contributed by atoms with E-state index >= 15 is 0 Å². The number of ether oxygens (including phenoxy) is 1. The topological polar surface area (TPSA) is 9.23 Å². The van der Waals surface area contributed by atoms with Crippen molar-refractivity contribution in [2.45, 2.75) is 37.4 Å². The van der Waals surface area contributed by atoms with Gasteiger partial charge in [-0.05, 0) is 35.4 Å². The number of hydrogen-bond acceptors (Lipinski definition) is 1. The summed E-state index contributed by atoms with van der Waals surface area (Å²) in [5.41, 5.74) is 4.31. The van der Waals surface area contributed by atoms with E-state index in [0.717, 1.165) is 19.6 Å². The number of fused-ring (bicyclic) bond motifs is 1. The normalized spacial score (nSPS) is 22.3. The first-order chi connectivity index (χ1) is 7.72. The minimum atomic E-state index is 0.356. The number of benzene rings is 1. The third-order valence-corrected chi connectivity index (χ3v) is 4.23. The summed E-state index contributed by atoms with van der Waals surface area (Å²) in [7, 11) is 0. The van der Waals surface area contributed by atoms with E-state index in [9.17, 15) is 0 Å². The summed E-state index contributed by atoms with van der Waals surface area (Å²) in [4.78, 5) is 0.356. The molecular formula is C14H19BrO. The molecule has 0 fully saturated rings. The smallest absolute Gasteiger partial charge is 0.0632 e. The molecule has 16 heavy (non-hydrogen) atoms. The molecule has 2 unspecified atom stereocenters. The van der Waals surface area contributed by atoms with Gasteiger partial charge >= 0.3 is 0 Å². The SMILES string of the molecule is CCC(C)c1ccc2c(c1)C(Br)COCC2. The predicted molar refractivity (Wildman–Crippen MR) is 71.3 cm³/mol. The molecule has 0 amide bonds. The van der Waals surface area contributed by atoms with Crippen LogP contribution in [0.25, 0.3) is 0 Å². The van der Waals surface area contributed by atoms with Crippen LogP contribution in [0.3, 0.4) is 0 Å². The van der Waals surface area contributed by atoms with Crippen LogP contribution in [0.4, 0.5) is 0 Å². The Labute approximate surface area is 106 Å². The van der Waals surface area contributed by atoms with E-state index in [2.05, 4.69) is 48.0 Å². The van der Waals surface area contributed by atoms with Crippen molar-refractivity contribution in [1.29, 1.82) is 0 Å². The van der Waals surface area contributed by atoms with Crippen LogP contribution in [-0.4, -0.2) is 13.2 Å². The molecule has 1 heterocycles. The first-order valence-corrected chi connectivity index (χ1v) is 6.98. The van der Waals surface area contributed by atoms with Crippen LogP contribution in [0.5, 0.6) is 0 Å². The van der Waals surface area contributed by atoms with Gasteiger partial charge in [0, 0.05) is 0 Å². The molecular weight excluding hydrogens is 264 g/mol. The van der Waals surface area contributed by atoms with Crippen LogP contribution in [0.15, 0.2) is 18.2 Å². The van der Waals surface area contributed by atoms with Gasteiger partial charge in [-0.15, -0.1) is 0 Å². The van der Waals surface area contributed by atoms with Crippen LogP contribution in [0.1, 0.15) is 47.7 Å². The third-order valence-electron chi connectivity index (χ3n) is 3.47. The lowest BCUT2D eigenvalue weighted by Gasteiger charge is -2.15. The highest BCUT2D eigenvalue weighted by atomic mass is 79.9. The van der Waals surface area contributed by atoms with Gasteiger partial charge in [-0.3, -0.25) is 0 Å². The zero-order valence-corrected chi connectivity index (χ0v) is 11.6. The first kappa shape index (κ1) is 12.1. The molecule has 0 bridgehead atoms. The molecule has 0 spiro atoms. The van der Waals surface area contributed by atoms with Crippen molar-refractivity contribution in [1.82, 2.24) is 0 Å². The van der Waals surface area contributed by atoms with E-state index in [0.29, 0.717) is 10.7 Å². The second-order valence-electron chi connectivity index (χ2n) is 4.56. The molecule has 2 rings (SSSR count). The fraction of sp³-hybridized carbons (Fsp3) is 0.571. The Hall–Kier alpha value is -0.340. The van der Waals surface area contributed by atoms with Gasteiger partial charge in [0.25, 0.3) is 0 Å². The van der Waals surface area contributed by atoms with Crippen LogP contribution in [0.2, 0.25) is 0 Å². The molecule has 2 heteroatoms. The Balaban J connectivity index is 2.35.